The zero-order valence-electron chi connectivity index (χ0n) is 15.0. The lowest BCUT2D eigenvalue weighted by Crippen LogP contribution is -2.41. The van der Waals surface area contributed by atoms with Gasteiger partial charge in [0, 0.05) is 10.9 Å². The first kappa shape index (κ1) is 18.2. The van der Waals surface area contributed by atoms with Gasteiger partial charge in [0.05, 0.1) is 12.6 Å². The smallest absolute Gasteiger partial charge is 0.234 e. The predicted octanol–water partition coefficient (Wildman–Crippen LogP) is 4.61. The van der Waals surface area contributed by atoms with Crippen LogP contribution < -0.4 is 5.32 Å². The molecule has 1 aromatic carbocycles. The highest BCUT2D eigenvalue weighted by molar-refractivity contribution is 7.10. The van der Waals surface area contributed by atoms with Gasteiger partial charge in [-0.3, -0.25) is 9.69 Å². The molecule has 2 aromatic rings. The Bertz CT molecular complexity index is 633. The molecule has 1 atom stereocenters. The van der Waals surface area contributed by atoms with E-state index in [2.05, 4.69) is 40.8 Å². The van der Waals surface area contributed by atoms with E-state index >= 15 is 0 Å². The predicted molar refractivity (Wildman–Crippen MR) is 105 cm³/mol. The SMILES string of the molecule is CN(CC(=O)NC(c1ccccc1)c1cccs1)C1CCCCCC1. The van der Waals surface area contributed by atoms with Gasteiger partial charge in [0.15, 0.2) is 0 Å². The molecule has 1 aliphatic rings. The van der Waals surface area contributed by atoms with Gasteiger partial charge in [-0.05, 0) is 36.9 Å². The molecular weight excluding hydrogens is 328 g/mol. The second-order valence-electron chi connectivity index (χ2n) is 6.99. The van der Waals surface area contributed by atoms with Crippen molar-refractivity contribution in [2.24, 2.45) is 0 Å². The van der Waals surface area contributed by atoms with Gasteiger partial charge in [-0.15, -0.1) is 11.3 Å². The van der Waals surface area contributed by atoms with Gasteiger partial charge < -0.3 is 5.32 Å². The minimum atomic E-state index is -0.0590. The molecule has 0 saturated heterocycles. The van der Waals surface area contributed by atoms with Gasteiger partial charge in [0.25, 0.3) is 0 Å². The molecule has 0 bridgehead atoms. The molecule has 3 rings (SSSR count). The third kappa shape index (κ3) is 5.16. The number of carbonyl (C=O) groups is 1. The van der Waals surface area contributed by atoms with Crippen LogP contribution in [0, 0.1) is 0 Å². The summed E-state index contributed by atoms with van der Waals surface area (Å²) in [5.41, 5.74) is 1.13. The van der Waals surface area contributed by atoms with Crippen molar-refractivity contribution < 1.29 is 4.79 Å². The molecule has 1 unspecified atom stereocenters. The highest BCUT2D eigenvalue weighted by Gasteiger charge is 2.22. The molecule has 1 amide bonds. The molecule has 134 valence electrons. The summed E-state index contributed by atoms with van der Waals surface area (Å²) in [6, 6.07) is 14.9. The normalized spacial score (nSPS) is 17.2. The Morgan fingerprint density at radius 1 is 1.12 bits per heavy atom. The van der Waals surface area contributed by atoms with Crippen LogP contribution in [0.1, 0.15) is 55.0 Å². The Hall–Kier alpha value is -1.65. The first-order valence-electron chi connectivity index (χ1n) is 9.32. The maximum atomic E-state index is 12.7. The average Bonchev–Trinajstić information content (AvgIpc) is 3.01. The Kier molecular flexibility index (Phi) is 6.65. The van der Waals surface area contributed by atoms with Crippen molar-refractivity contribution >= 4 is 17.2 Å². The molecule has 1 N–H and O–H groups in total. The van der Waals surface area contributed by atoms with E-state index in [1.54, 1.807) is 11.3 Å². The van der Waals surface area contributed by atoms with E-state index in [9.17, 15) is 4.79 Å². The van der Waals surface area contributed by atoms with Gasteiger partial charge >= 0.3 is 0 Å². The summed E-state index contributed by atoms with van der Waals surface area (Å²) < 4.78 is 0. The van der Waals surface area contributed by atoms with Gasteiger partial charge in [-0.2, -0.15) is 0 Å². The number of benzene rings is 1. The van der Waals surface area contributed by atoms with Crippen LogP contribution in [0.25, 0.3) is 0 Å². The number of carbonyl (C=O) groups excluding carboxylic acids is 1. The largest absolute Gasteiger partial charge is 0.343 e. The lowest BCUT2D eigenvalue weighted by atomic mass is 10.1. The van der Waals surface area contributed by atoms with Gasteiger partial charge in [0.1, 0.15) is 0 Å². The number of amides is 1. The van der Waals surface area contributed by atoms with Crippen molar-refractivity contribution in [2.75, 3.05) is 13.6 Å². The zero-order valence-corrected chi connectivity index (χ0v) is 15.8. The van der Waals surface area contributed by atoms with Crippen molar-refractivity contribution in [3.63, 3.8) is 0 Å². The molecule has 4 heteroatoms. The van der Waals surface area contributed by atoms with Crippen molar-refractivity contribution in [1.29, 1.82) is 0 Å². The summed E-state index contributed by atoms with van der Waals surface area (Å²) in [6.45, 7) is 0.472. The number of nitrogens with one attached hydrogen (secondary N) is 1. The molecule has 25 heavy (non-hydrogen) atoms. The molecule has 1 aromatic heterocycles. The number of thiophene rings is 1. The first-order valence-corrected chi connectivity index (χ1v) is 10.2. The molecule has 0 radical (unpaired) electrons. The van der Waals surface area contributed by atoms with Crippen LogP contribution in [0.5, 0.6) is 0 Å². The van der Waals surface area contributed by atoms with Crippen molar-refractivity contribution in [2.45, 2.75) is 50.6 Å². The summed E-state index contributed by atoms with van der Waals surface area (Å²) in [6.07, 6.45) is 7.69. The molecular formula is C21H28N2OS. The number of rotatable bonds is 6. The highest BCUT2D eigenvalue weighted by Crippen LogP contribution is 2.26. The third-order valence-electron chi connectivity index (χ3n) is 5.11. The number of nitrogens with zero attached hydrogens (tertiary/aromatic N) is 1. The van der Waals surface area contributed by atoms with Crippen LogP contribution in [-0.2, 0) is 4.79 Å². The van der Waals surface area contributed by atoms with E-state index in [-0.39, 0.29) is 11.9 Å². The summed E-state index contributed by atoms with van der Waals surface area (Å²) in [5.74, 6) is 0.106. The molecule has 0 aliphatic heterocycles. The Morgan fingerprint density at radius 3 is 2.48 bits per heavy atom. The lowest BCUT2D eigenvalue weighted by molar-refractivity contribution is -0.123. The summed E-state index contributed by atoms with van der Waals surface area (Å²) >= 11 is 1.69. The quantitative estimate of drug-likeness (QED) is 0.767. The third-order valence-corrected chi connectivity index (χ3v) is 6.04. The maximum Gasteiger partial charge on any atom is 0.234 e. The maximum absolute atomic E-state index is 12.7. The minimum Gasteiger partial charge on any atom is -0.343 e. The molecule has 1 aliphatic carbocycles. The van der Waals surface area contributed by atoms with Crippen molar-refractivity contribution in [1.82, 2.24) is 10.2 Å². The van der Waals surface area contributed by atoms with E-state index in [1.165, 1.54) is 43.4 Å². The summed E-state index contributed by atoms with van der Waals surface area (Å²) in [7, 11) is 2.10. The van der Waals surface area contributed by atoms with E-state index in [4.69, 9.17) is 0 Å². The van der Waals surface area contributed by atoms with E-state index in [0.29, 0.717) is 12.6 Å². The van der Waals surface area contributed by atoms with E-state index in [0.717, 1.165) is 5.56 Å². The fourth-order valence-corrected chi connectivity index (χ4v) is 4.48. The van der Waals surface area contributed by atoms with Crippen LogP contribution in [0.2, 0.25) is 0 Å². The monoisotopic (exact) mass is 356 g/mol. The second kappa shape index (κ2) is 9.16. The number of hydrogen-bond donors (Lipinski definition) is 1. The van der Waals surface area contributed by atoms with E-state index < -0.39 is 0 Å². The van der Waals surface area contributed by atoms with Crippen LogP contribution in [0.4, 0.5) is 0 Å². The first-order chi connectivity index (χ1) is 12.2. The molecule has 0 spiro atoms. The molecule has 3 nitrogen and oxygen atoms in total. The topological polar surface area (TPSA) is 32.3 Å². The average molecular weight is 357 g/mol. The molecule has 1 heterocycles. The number of hydrogen-bond acceptors (Lipinski definition) is 3. The Labute approximate surface area is 155 Å². The minimum absolute atomic E-state index is 0.0590. The lowest BCUT2D eigenvalue weighted by Gasteiger charge is -2.27. The van der Waals surface area contributed by atoms with Gasteiger partial charge in [-0.1, -0.05) is 62.1 Å². The van der Waals surface area contributed by atoms with Crippen LogP contribution in [0.3, 0.4) is 0 Å². The Balaban J connectivity index is 1.64. The number of likely N-dealkylation sites (N-methyl/N-ethyl adjacent to an activating group) is 1. The summed E-state index contributed by atoms with van der Waals surface area (Å²) in [4.78, 5) is 16.1. The zero-order chi connectivity index (χ0) is 17.5. The fourth-order valence-electron chi connectivity index (χ4n) is 3.68. The van der Waals surface area contributed by atoms with Gasteiger partial charge in [0.2, 0.25) is 5.91 Å². The fraction of sp³-hybridized carbons (Fsp3) is 0.476. The van der Waals surface area contributed by atoms with Crippen LogP contribution in [-0.4, -0.2) is 30.4 Å². The highest BCUT2D eigenvalue weighted by atomic mass is 32.1. The Morgan fingerprint density at radius 2 is 1.84 bits per heavy atom. The molecule has 1 saturated carbocycles. The van der Waals surface area contributed by atoms with Crippen LogP contribution in [0.15, 0.2) is 47.8 Å². The molecule has 1 fully saturated rings. The van der Waals surface area contributed by atoms with Crippen molar-refractivity contribution in [3.05, 3.63) is 58.3 Å². The van der Waals surface area contributed by atoms with Crippen molar-refractivity contribution in [3.8, 4) is 0 Å². The van der Waals surface area contributed by atoms with Crippen LogP contribution >= 0.6 is 11.3 Å². The van der Waals surface area contributed by atoms with E-state index in [1.807, 2.05) is 24.3 Å². The standard InChI is InChI=1S/C21H28N2OS/c1-23(18-12-7-2-3-8-13-18)16-20(24)22-21(19-14-9-15-25-19)17-10-5-4-6-11-17/h4-6,9-11,14-15,18,21H,2-3,7-8,12-13,16H2,1H3,(H,22,24). The second-order valence-corrected chi connectivity index (χ2v) is 7.97. The van der Waals surface area contributed by atoms with Gasteiger partial charge in [-0.25, -0.2) is 0 Å². The summed E-state index contributed by atoms with van der Waals surface area (Å²) in [5, 5.41) is 5.32.